The molecule has 1 aromatic carbocycles. The van der Waals surface area contributed by atoms with Crippen molar-refractivity contribution < 1.29 is 4.79 Å². The molecule has 1 N–H and O–H groups in total. The summed E-state index contributed by atoms with van der Waals surface area (Å²) in [5, 5.41) is 3.65. The molecule has 3 aromatic rings. The first kappa shape index (κ1) is 19.7. The lowest BCUT2D eigenvalue weighted by atomic mass is 10.1. The van der Waals surface area contributed by atoms with E-state index in [4.69, 9.17) is 11.6 Å². The summed E-state index contributed by atoms with van der Waals surface area (Å²) in [4.78, 5) is 31.5. The number of carbonyl (C=O) groups excluding carboxylic acids is 1. The zero-order valence-corrected chi connectivity index (χ0v) is 17.2. The Morgan fingerprint density at radius 1 is 1.28 bits per heavy atom. The highest BCUT2D eigenvalue weighted by molar-refractivity contribution is 6.34. The number of amides is 1. The number of aryl methyl sites for hydroxylation is 1. The number of nitrogens with zero attached hydrogens (tertiary/aromatic N) is 4. The Balaban J connectivity index is 1.73. The molecule has 1 saturated heterocycles. The van der Waals surface area contributed by atoms with E-state index in [1.165, 1.54) is 0 Å². The van der Waals surface area contributed by atoms with Gasteiger partial charge in [0, 0.05) is 44.5 Å². The van der Waals surface area contributed by atoms with Gasteiger partial charge in [0.1, 0.15) is 5.52 Å². The number of unbranched alkanes of at least 4 members (excludes halogenated alkanes) is 1. The molecule has 29 heavy (non-hydrogen) atoms. The number of imidazole rings is 1. The molecule has 1 fully saturated rings. The molecule has 7 nitrogen and oxygen atoms in total. The highest BCUT2D eigenvalue weighted by Crippen LogP contribution is 2.27. The van der Waals surface area contributed by atoms with E-state index in [-0.39, 0.29) is 11.5 Å². The Morgan fingerprint density at radius 3 is 2.79 bits per heavy atom. The molecule has 2 aromatic heterocycles. The van der Waals surface area contributed by atoms with Gasteiger partial charge in [-0.1, -0.05) is 31.0 Å². The van der Waals surface area contributed by atoms with Crippen LogP contribution in [0.1, 0.15) is 30.1 Å². The minimum absolute atomic E-state index is 0.0521. The number of piperazine rings is 1. The summed E-state index contributed by atoms with van der Waals surface area (Å²) in [5.74, 6) is -0.0521. The molecule has 1 amide bonds. The molecule has 152 valence electrons. The summed E-state index contributed by atoms with van der Waals surface area (Å²) in [7, 11) is 0. The molecular weight excluding hydrogens is 390 g/mol. The highest BCUT2D eigenvalue weighted by atomic mass is 35.5. The van der Waals surface area contributed by atoms with Gasteiger partial charge in [-0.05, 0) is 18.6 Å². The van der Waals surface area contributed by atoms with E-state index in [1.54, 1.807) is 33.6 Å². The first-order valence-electron chi connectivity index (χ1n) is 9.95. The highest BCUT2D eigenvalue weighted by Gasteiger charge is 2.21. The topological polar surface area (TPSA) is 71.6 Å². The summed E-state index contributed by atoms with van der Waals surface area (Å²) < 4.78 is 3.50. The second-order valence-electron chi connectivity index (χ2n) is 7.25. The summed E-state index contributed by atoms with van der Waals surface area (Å²) in [6, 6.07) is 5.44. The quantitative estimate of drug-likeness (QED) is 0.698. The first-order chi connectivity index (χ1) is 14.1. The monoisotopic (exact) mass is 413 g/mol. The molecule has 0 spiro atoms. The van der Waals surface area contributed by atoms with E-state index < -0.39 is 0 Å². The number of hydrogen-bond donors (Lipinski definition) is 1. The van der Waals surface area contributed by atoms with Crippen LogP contribution < -0.4 is 10.9 Å². The van der Waals surface area contributed by atoms with Crippen LogP contribution in [0.3, 0.4) is 0 Å². The number of rotatable bonds is 5. The van der Waals surface area contributed by atoms with Gasteiger partial charge in [-0.3, -0.25) is 14.0 Å². The normalized spacial score (nSPS) is 14.5. The van der Waals surface area contributed by atoms with E-state index in [2.05, 4.69) is 17.2 Å². The van der Waals surface area contributed by atoms with Crippen molar-refractivity contribution in [2.24, 2.45) is 0 Å². The maximum atomic E-state index is 12.8. The van der Waals surface area contributed by atoms with Gasteiger partial charge in [0.2, 0.25) is 0 Å². The zero-order valence-electron chi connectivity index (χ0n) is 16.4. The van der Waals surface area contributed by atoms with Crippen LogP contribution in [0, 0.1) is 0 Å². The molecular formula is C21H24ClN5O2. The Kier molecular flexibility index (Phi) is 5.69. The molecule has 0 saturated carbocycles. The molecule has 0 aliphatic carbocycles. The molecule has 0 radical (unpaired) electrons. The summed E-state index contributed by atoms with van der Waals surface area (Å²) in [5.41, 5.74) is 2.61. The number of benzene rings is 1. The lowest BCUT2D eigenvalue weighted by molar-refractivity contribution is 0.0736. The molecule has 8 heteroatoms. The van der Waals surface area contributed by atoms with Crippen molar-refractivity contribution in [2.45, 2.75) is 26.3 Å². The third kappa shape index (κ3) is 3.80. The molecule has 4 rings (SSSR count). The van der Waals surface area contributed by atoms with E-state index >= 15 is 0 Å². The third-order valence-electron chi connectivity index (χ3n) is 5.31. The molecule has 0 unspecified atom stereocenters. The van der Waals surface area contributed by atoms with Crippen LogP contribution in [0.2, 0.25) is 5.02 Å². The van der Waals surface area contributed by atoms with Crippen LogP contribution in [0.15, 0.2) is 41.7 Å². The zero-order chi connectivity index (χ0) is 20.4. The number of carbonyl (C=O) groups is 1. The van der Waals surface area contributed by atoms with Crippen LogP contribution in [-0.4, -0.2) is 50.9 Å². The lowest BCUT2D eigenvalue weighted by Crippen LogP contribution is -2.46. The summed E-state index contributed by atoms with van der Waals surface area (Å²) in [6.07, 6.45) is 6.97. The van der Waals surface area contributed by atoms with Crippen molar-refractivity contribution >= 4 is 23.0 Å². The second-order valence-corrected chi connectivity index (χ2v) is 7.66. The number of halogens is 1. The van der Waals surface area contributed by atoms with Crippen LogP contribution >= 0.6 is 11.6 Å². The van der Waals surface area contributed by atoms with Crippen molar-refractivity contribution in [1.82, 2.24) is 24.2 Å². The molecule has 3 heterocycles. The van der Waals surface area contributed by atoms with Gasteiger partial charge in [0.05, 0.1) is 28.8 Å². The predicted octanol–water partition coefficient (Wildman–Crippen LogP) is 2.66. The van der Waals surface area contributed by atoms with Crippen molar-refractivity contribution in [3.8, 4) is 11.3 Å². The first-order valence-corrected chi connectivity index (χ1v) is 10.3. The van der Waals surface area contributed by atoms with E-state index in [0.717, 1.165) is 37.2 Å². The number of nitrogens with one attached hydrogen (secondary N) is 1. The standard InChI is InChI=1S/C21H24ClN5O2/c1-2-3-8-26-13-19(27-14-24-12-18(27)21(26)29)15-4-5-16(17(22)11-15)20(28)25-9-6-23-7-10-25/h4-5,11-14,23H,2-3,6-10H2,1H3. The fraction of sp³-hybridized carbons (Fsp3) is 0.381. The molecule has 0 bridgehead atoms. The van der Waals surface area contributed by atoms with Crippen LogP contribution in [0.25, 0.3) is 16.8 Å². The van der Waals surface area contributed by atoms with Gasteiger partial charge in [0.15, 0.2) is 0 Å². The van der Waals surface area contributed by atoms with Gasteiger partial charge >= 0.3 is 0 Å². The fourth-order valence-corrected chi connectivity index (χ4v) is 3.92. The number of fused-ring (bicyclic) bond motifs is 1. The number of hydrogen-bond acceptors (Lipinski definition) is 4. The SMILES string of the molecule is CCCCn1cc(-c2ccc(C(=O)N3CCNCC3)c(Cl)c2)n2cncc2c1=O. The average Bonchev–Trinajstić information content (AvgIpc) is 3.24. The maximum absolute atomic E-state index is 12.8. The third-order valence-corrected chi connectivity index (χ3v) is 5.62. The summed E-state index contributed by atoms with van der Waals surface area (Å²) in [6.45, 7) is 5.68. The van der Waals surface area contributed by atoms with Crippen molar-refractivity contribution in [1.29, 1.82) is 0 Å². The summed E-state index contributed by atoms with van der Waals surface area (Å²) >= 11 is 6.52. The fourth-order valence-electron chi connectivity index (χ4n) is 3.66. The Morgan fingerprint density at radius 2 is 2.07 bits per heavy atom. The van der Waals surface area contributed by atoms with Crippen LogP contribution in [0.5, 0.6) is 0 Å². The van der Waals surface area contributed by atoms with Crippen LogP contribution in [-0.2, 0) is 6.54 Å². The van der Waals surface area contributed by atoms with Gasteiger partial charge in [-0.2, -0.15) is 0 Å². The van der Waals surface area contributed by atoms with E-state index in [1.807, 2.05) is 17.2 Å². The lowest BCUT2D eigenvalue weighted by Gasteiger charge is -2.27. The van der Waals surface area contributed by atoms with E-state index in [9.17, 15) is 9.59 Å². The second kappa shape index (κ2) is 8.39. The van der Waals surface area contributed by atoms with Gasteiger partial charge in [0.25, 0.3) is 11.5 Å². The Hall–Kier alpha value is -2.64. The number of aromatic nitrogens is 3. The Bertz CT molecular complexity index is 1100. The largest absolute Gasteiger partial charge is 0.336 e. The molecule has 1 aliphatic heterocycles. The minimum atomic E-state index is -0.0590. The molecule has 0 atom stereocenters. The molecule has 1 aliphatic rings. The van der Waals surface area contributed by atoms with Crippen LogP contribution in [0.4, 0.5) is 0 Å². The maximum Gasteiger partial charge on any atom is 0.276 e. The van der Waals surface area contributed by atoms with E-state index in [0.29, 0.717) is 35.7 Å². The smallest absolute Gasteiger partial charge is 0.276 e. The van der Waals surface area contributed by atoms with Gasteiger partial charge < -0.3 is 14.8 Å². The van der Waals surface area contributed by atoms with Crippen molar-refractivity contribution in [3.05, 3.63) is 57.9 Å². The van der Waals surface area contributed by atoms with Crippen molar-refractivity contribution in [2.75, 3.05) is 26.2 Å². The van der Waals surface area contributed by atoms with Gasteiger partial charge in [-0.15, -0.1) is 0 Å². The average molecular weight is 414 g/mol. The van der Waals surface area contributed by atoms with Crippen molar-refractivity contribution in [3.63, 3.8) is 0 Å². The van der Waals surface area contributed by atoms with Gasteiger partial charge in [-0.25, -0.2) is 4.98 Å². The Labute approximate surface area is 173 Å². The minimum Gasteiger partial charge on any atom is -0.336 e. The predicted molar refractivity (Wildman–Crippen MR) is 114 cm³/mol.